The summed E-state index contributed by atoms with van der Waals surface area (Å²) in [4.78, 5) is 31.1. The number of aromatic nitrogens is 2. The van der Waals surface area contributed by atoms with E-state index in [2.05, 4.69) is 15.3 Å². The molecular formula is C16H13N3O4S. The third-order valence-electron chi connectivity index (χ3n) is 2.92. The SMILES string of the molecule is CC(=O)Nc1nc(C(=O)OCc2coc(-c3ccccc3)n2)cs1. The lowest BCUT2D eigenvalue weighted by molar-refractivity contribution is -0.114. The van der Waals surface area contributed by atoms with Gasteiger partial charge in [-0.1, -0.05) is 18.2 Å². The van der Waals surface area contributed by atoms with Crippen LogP contribution in [0.1, 0.15) is 23.1 Å². The van der Waals surface area contributed by atoms with Gasteiger partial charge < -0.3 is 14.5 Å². The molecule has 0 aliphatic rings. The first-order valence-electron chi connectivity index (χ1n) is 7.02. The zero-order valence-corrected chi connectivity index (χ0v) is 13.5. The Bertz CT molecular complexity index is 857. The molecule has 0 unspecified atom stereocenters. The Kier molecular flexibility index (Phi) is 4.66. The highest BCUT2D eigenvalue weighted by atomic mass is 32.1. The van der Waals surface area contributed by atoms with E-state index in [-0.39, 0.29) is 18.2 Å². The van der Waals surface area contributed by atoms with Gasteiger partial charge in [-0.3, -0.25) is 4.79 Å². The number of ether oxygens (including phenoxy) is 1. The molecule has 1 N–H and O–H groups in total. The zero-order valence-electron chi connectivity index (χ0n) is 12.7. The second-order valence-corrected chi connectivity index (χ2v) is 5.66. The summed E-state index contributed by atoms with van der Waals surface area (Å²) in [6.45, 7) is 1.34. The lowest BCUT2D eigenvalue weighted by atomic mass is 10.2. The number of thiazole rings is 1. The largest absolute Gasteiger partial charge is 0.454 e. The van der Waals surface area contributed by atoms with E-state index in [1.54, 1.807) is 0 Å². The Balaban J connectivity index is 1.59. The van der Waals surface area contributed by atoms with Crippen LogP contribution in [0, 0.1) is 0 Å². The van der Waals surface area contributed by atoms with Gasteiger partial charge in [0.15, 0.2) is 10.8 Å². The van der Waals surface area contributed by atoms with Gasteiger partial charge in [-0.15, -0.1) is 11.3 Å². The average Bonchev–Trinajstić information content (AvgIpc) is 3.22. The third kappa shape index (κ3) is 3.85. The second kappa shape index (κ2) is 7.05. The molecule has 0 aliphatic carbocycles. The topological polar surface area (TPSA) is 94.3 Å². The third-order valence-corrected chi connectivity index (χ3v) is 3.68. The number of nitrogens with zero attached hydrogens (tertiary/aromatic N) is 2. The van der Waals surface area contributed by atoms with E-state index in [0.717, 1.165) is 16.9 Å². The maximum atomic E-state index is 11.9. The lowest BCUT2D eigenvalue weighted by Gasteiger charge is -1.99. The van der Waals surface area contributed by atoms with Crippen molar-refractivity contribution in [1.29, 1.82) is 0 Å². The number of benzene rings is 1. The number of rotatable bonds is 5. The van der Waals surface area contributed by atoms with E-state index in [0.29, 0.717) is 16.7 Å². The molecule has 0 fully saturated rings. The maximum absolute atomic E-state index is 11.9. The molecule has 24 heavy (non-hydrogen) atoms. The van der Waals surface area contributed by atoms with E-state index >= 15 is 0 Å². The molecule has 0 saturated carbocycles. The fraction of sp³-hybridized carbons (Fsp3) is 0.125. The molecule has 0 radical (unpaired) electrons. The molecule has 0 saturated heterocycles. The molecule has 1 aromatic carbocycles. The fourth-order valence-electron chi connectivity index (χ4n) is 1.88. The Morgan fingerprint density at radius 3 is 2.79 bits per heavy atom. The smallest absolute Gasteiger partial charge is 0.358 e. The monoisotopic (exact) mass is 343 g/mol. The van der Waals surface area contributed by atoms with Crippen LogP contribution in [0.4, 0.5) is 5.13 Å². The number of esters is 1. The fourth-order valence-corrected chi connectivity index (χ4v) is 2.60. The maximum Gasteiger partial charge on any atom is 0.358 e. The Hall–Kier alpha value is -3.00. The summed E-state index contributed by atoms with van der Waals surface area (Å²) < 4.78 is 10.5. The van der Waals surface area contributed by atoms with Gasteiger partial charge >= 0.3 is 5.97 Å². The molecule has 3 aromatic rings. The Morgan fingerprint density at radius 1 is 1.25 bits per heavy atom. The van der Waals surface area contributed by atoms with Crippen LogP contribution in [0.2, 0.25) is 0 Å². The van der Waals surface area contributed by atoms with Crippen LogP contribution in [-0.4, -0.2) is 21.8 Å². The van der Waals surface area contributed by atoms with Gasteiger partial charge in [0, 0.05) is 17.9 Å². The van der Waals surface area contributed by atoms with Crippen molar-refractivity contribution >= 4 is 28.3 Å². The van der Waals surface area contributed by atoms with Crippen molar-refractivity contribution in [2.24, 2.45) is 0 Å². The number of amides is 1. The van der Waals surface area contributed by atoms with Gasteiger partial charge in [-0.05, 0) is 12.1 Å². The van der Waals surface area contributed by atoms with E-state index in [1.165, 1.54) is 18.6 Å². The molecular weight excluding hydrogens is 330 g/mol. The highest BCUT2D eigenvalue weighted by Gasteiger charge is 2.14. The van der Waals surface area contributed by atoms with Crippen molar-refractivity contribution in [3.8, 4) is 11.5 Å². The second-order valence-electron chi connectivity index (χ2n) is 4.81. The minimum absolute atomic E-state index is 0.0256. The molecule has 8 heteroatoms. The molecule has 122 valence electrons. The minimum Gasteiger partial charge on any atom is -0.454 e. The van der Waals surface area contributed by atoms with E-state index in [9.17, 15) is 9.59 Å². The summed E-state index contributed by atoms with van der Waals surface area (Å²) in [6, 6.07) is 9.42. The van der Waals surface area contributed by atoms with Crippen LogP contribution in [0.25, 0.3) is 11.5 Å². The van der Waals surface area contributed by atoms with Crippen LogP contribution in [-0.2, 0) is 16.1 Å². The average molecular weight is 343 g/mol. The molecule has 0 atom stereocenters. The Morgan fingerprint density at radius 2 is 2.04 bits per heavy atom. The van der Waals surface area contributed by atoms with Gasteiger partial charge in [0.2, 0.25) is 11.8 Å². The summed E-state index contributed by atoms with van der Waals surface area (Å²) in [5, 5.41) is 4.38. The van der Waals surface area contributed by atoms with E-state index < -0.39 is 5.97 Å². The first-order chi connectivity index (χ1) is 11.6. The molecule has 2 aromatic heterocycles. The van der Waals surface area contributed by atoms with Crippen molar-refractivity contribution in [1.82, 2.24) is 9.97 Å². The normalized spacial score (nSPS) is 10.4. The Labute approximate surface area is 141 Å². The lowest BCUT2D eigenvalue weighted by Crippen LogP contribution is -2.08. The van der Waals surface area contributed by atoms with Crippen molar-refractivity contribution in [2.45, 2.75) is 13.5 Å². The number of carbonyl (C=O) groups is 2. The summed E-state index contributed by atoms with van der Waals surface area (Å²) in [5.74, 6) is -0.379. The number of nitrogens with one attached hydrogen (secondary N) is 1. The number of hydrogen-bond donors (Lipinski definition) is 1. The van der Waals surface area contributed by atoms with Crippen LogP contribution in [0.3, 0.4) is 0 Å². The number of oxazole rings is 1. The number of anilines is 1. The summed E-state index contributed by atoms with van der Waals surface area (Å²) in [5.41, 5.74) is 1.48. The quantitative estimate of drug-likeness (QED) is 0.715. The molecule has 7 nitrogen and oxygen atoms in total. The first kappa shape index (κ1) is 15.9. The van der Waals surface area contributed by atoms with Crippen molar-refractivity contribution in [3.05, 3.63) is 53.4 Å². The zero-order chi connectivity index (χ0) is 16.9. The van der Waals surface area contributed by atoms with Gasteiger partial charge in [0.25, 0.3) is 0 Å². The molecule has 3 rings (SSSR count). The van der Waals surface area contributed by atoms with E-state index in [1.807, 2.05) is 30.3 Å². The van der Waals surface area contributed by atoms with E-state index in [4.69, 9.17) is 9.15 Å². The van der Waals surface area contributed by atoms with Crippen LogP contribution in [0.15, 0.2) is 46.4 Å². The van der Waals surface area contributed by atoms with Gasteiger partial charge in [-0.2, -0.15) is 0 Å². The predicted octanol–water partition coefficient (Wildman–Crippen LogP) is 3.11. The molecule has 0 spiro atoms. The number of carbonyl (C=O) groups excluding carboxylic acids is 2. The number of hydrogen-bond acceptors (Lipinski definition) is 7. The van der Waals surface area contributed by atoms with Crippen molar-refractivity contribution in [2.75, 3.05) is 5.32 Å². The summed E-state index contributed by atoms with van der Waals surface area (Å²) in [7, 11) is 0. The van der Waals surface area contributed by atoms with Crippen molar-refractivity contribution in [3.63, 3.8) is 0 Å². The minimum atomic E-state index is -0.591. The summed E-state index contributed by atoms with van der Waals surface area (Å²) in [6.07, 6.45) is 1.44. The summed E-state index contributed by atoms with van der Waals surface area (Å²) >= 11 is 1.15. The highest BCUT2D eigenvalue weighted by Crippen LogP contribution is 2.19. The van der Waals surface area contributed by atoms with Gasteiger partial charge in [0.05, 0.1) is 0 Å². The molecule has 0 aliphatic heterocycles. The first-order valence-corrected chi connectivity index (χ1v) is 7.90. The molecule has 0 bridgehead atoms. The van der Waals surface area contributed by atoms with Gasteiger partial charge in [-0.25, -0.2) is 14.8 Å². The predicted molar refractivity (Wildman–Crippen MR) is 87.5 cm³/mol. The van der Waals surface area contributed by atoms with Crippen LogP contribution >= 0.6 is 11.3 Å². The molecule has 1 amide bonds. The molecule has 2 heterocycles. The van der Waals surface area contributed by atoms with Gasteiger partial charge in [0.1, 0.15) is 18.6 Å². The van der Waals surface area contributed by atoms with Crippen LogP contribution < -0.4 is 5.32 Å². The standard InChI is InChI=1S/C16H13N3O4S/c1-10(20)17-16-19-13(9-24-16)15(21)23-8-12-7-22-14(18-12)11-5-3-2-4-6-11/h2-7,9H,8H2,1H3,(H,17,19,20). The van der Waals surface area contributed by atoms with Crippen molar-refractivity contribution < 1.29 is 18.7 Å². The van der Waals surface area contributed by atoms with Crippen LogP contribution in [0.5, 0.6) is 0 Å². The highest BCUT2D eigenvalue weighted by molar-refractivity contribution is 7.14.